The van der Waals surface area contributed by atoms with Gasteiger partial charge < -0.3 is 9.47 Å². The van der Waals surface area contributed by atoms with E-state index in [1.54, 1.807) is 0 Å². The summed E-state index contributed by atoms with van der Waals surface area (Å²) < 4.78 is 2.38. The van der Waals surface area contributed by atoms with Crippen molar-refractivity contribution >= 4 is 49.5 Å². The zero-order valence-electron chi connectivity index (χ0n) is 27.1. The molecule has 0 saturated carbocycles. The summed E-state index contributed by atoms with van der Waals surface area (Å²) in [6.45, 7) is 4.23. The van der Waals surface area contributed by atoms with Crippen molar-refractivity contribution in [1.82, 2.24) is 4.57 Å². The molecule has 0 aliphatic carbocycles. The van der Waals surface area contributed by atoms with Crippen molar-refractivity contribution < 1.29 is 0 Å². The lowest BCUT2D eigenvalue weighted by Gasteiger charge is -2.21. The molecule has 9 rings (SSSR count). The first-order valence-electron chi connectivity index (χ1n) is 16.8. The van der Waals surface area contributed by atoms with E-state index in [2.05, 4.69) is 192 Å². The molecule has 0 unspecified atom stereocenters. The van der Waals surface area contributed by atoms with Crippen LogP contribution in [0.25, 0.3) is 55.0 Å². The summed E-state index contributed by atoms with van der Waals surface area (Å²) in [5.74, 6) is 0. The normalized spacial score (nSPS) is 13.8. The number of rotatable bonds is 6. The molecule has 2 nitrogen and oxygen atoms in total. The summed E-state index contributed by atoms with van der Waals surface area (Å²) in [6.07, 6.45) is 7.33. The predicted molar refractivity (Wildman–Crippen MR) is 209 cm³/mol. The molecule has 0 N–H and O–H groups in total. The minimum Gasteiger partial charge on any atom is -0.314 e. The maximum Gasteiger partial charge on any atom is 0.0541 e. The molecule has 232 valence electrons. The van der Waals surface area contributed by atoms with Gasteiger partial charge in [0.2, 0.25) is 0 Å². The van der Waals surface area contributed by atoms with Crippen molar-refractivity contribution in [2.24, 2.45) is 0 Å². The van der Waals surface area contributed by atoms with E-state index in [0.29, 0.717) is 0 Å². The Labute approximate surface area is 286 Å². The summed E-state index contributed by atoms with van der Waals surface area (Å²) in [7, 11) is 0. The Balaban J connectivity index is 1.10. The second-order valence-corrected chi connectivity index (χ2v) is 12.7. The van der Waals surface area contributed by atoms with E-state index in [1.807, 2.05) is 6.08 Å². The van der Waals surface area contributed by atoms with Crippen molar-refractivity contribution in [3.8, 4) is 16.8 Å². The predicted octanol–water partition coefficient (Wildman–Crippen LogP) is 12.5. The van der Waals surface area contributed by atoms with Gasteiger partial charge in [-0.1, -0.05) is 128 Å². The van der Waals surface area contributed by atoms with Crippen LogP contribution in [-0.2, 0) is 6.42 Å². The van der Waals surface area contributed by atoms with Gasteiger partial charge in [0.25, 0.3) is 0 Å². The number of fused-ring (bicyclic) bond motifs is 5. The van der Waals surface area contributed by atoms with E-state index >= 15 is 0 Å². The monoisotopic (exact) mass is 626 g/mol. The van der Waals surface area contributed by atoms with Crippen LogP contribution in [0.1, 0.15) is 11.1 Å². The first-order valence-corrected chi connectivity index (χ1v) is 16.8. The maximum absolute atomic E-state index is 4.23. The summed E-state index contributed by atoms with van der Waals surface area (Å²) in [5.41, 5.74) is 13.2. The number of anilines is 2. The summed E-state index contributed by atoms with van der Waals surface area (Å²) in [5, 5.41) is 4.98. The average Bonchev–Trinajstić information content (AvgIpc) is 3.71. The molecule has 1 aliphatic heterocycles. The van der Waals surface area contributed by atoms with Crippen molar-refractivity contribution in [3.05, 3.63) is 205 Å². The first kappa shape index (κ1) is 28.8. The third-order valence-electron chi connectivity index (χ3n) is 9.80. The highest BCUT2D eigenvalue weighted by molar-refractivity contribution is 6.10. The molecule has 0 atom stereocenters. The fourth-order valence-electron chi connectivity index (χ4n) is 7.39. The Morgan fingerprint density at radius 3 is 2.12 bits per heavy atom. The Bertz CT molecular complexity index is 2580. The van der Waals surface area contributed by atoms with Gasteiger partial charge in [-0.3, -0.25) is 0 Å². The molecule has 8 aromatic rings. The van der Waals surface area contributed by atoms with Crippen molar-refractivity contribution in [1.29, 1.82) is 0 Å². The van der Waals surface area contributed by atoms with Crippen LogP contribution in [0.15, 0.2) is 194 Å². The van der Waals surface area contributed by atoms with E-state index in [9.17, 15) is 0 Å². The minimum absolute atomic E-state index is 0.887. The van der Waals surface area contributed by atoms with Gasteiger partial charge in [-0.15, -0.1) is 0 Å². The molecule has 0 spiro atoms. The van der Waals surface area contributed by atoms with Gasteiger partial charge in [-0.2, -0.15) is 0 Å². The Morgan fingerprint density at radius 2 is 1.27 bits per heavy atom. The largest absolute Gasteiger partial charge is 0.314 e. The average molecular weight is 627 g/mol. The lowest BCUT2D eigenvalue weighted by Crippen LogP contribution is -2.11. The Morgan fingerprint density at radius 1 is 0.551 bits per heavy atom. The van der Waals surface area contributed by atoms with Crippen LogP contribution in [0.4, 0.5) is 11.4 Å². The molecular weight excluding hydrogens is 593 g/mol. The van der Waals surface area contributed by atoms with Gasteiger partial charge in [0.1, 0.15) is 0 Å². The van der Waals surface area contributed by atoms with Crippen LogP contribution in [0.5, 0.6) is 0 Å². The number of hydrogen-bond acceptors (Lipinski definition) is 1. The first-order chi connectivity index (χ1) is 24.2. The molecule has 49 heavy (non-hydrogen) atoms. The zero-order chi connectivity index (χ0) is 32.7. The highest BCUT2D eigenvalue weighted by Gasteiger charge is 2.24. The van der Waals surface area contributed by atoms with Crippen LogP contribution >= 0.6 is 0 Å². The van der Waals surface area contributed by atoms with Crippen LogP contribution in [0.2, 0.25) is 0 Å². The molecule has 0 amide bonds. The number of benzene rings is 7. The van der Waals surface area contributed by atoms with Gasteiger partial charge in [0.05, 0.1) is 11.0 Å². The molecular formula is C47H34N2. The van der Waals surface area contributed by atoms with Crippen molar-refractivity contribution in [3.63, 3.8) is 0 Å². The number of hydrogen-bond donors (Lipinski definition) is 0. The molecule has 0 bridgehead atoms. The Hall–Kier alpha value is -6.38. The van der Waals surface area contributed by atoms with E-state index in [0.717, 1.165) is 23.2 Å². The molecule has 1 aliphatic rings. The molecule has 0 saturated heterocycles. The smallest absolute Gasteiger partial charge is 0.0541 e. The maximum atomic E-state index is 4.23. The zero-order valence-corrected chi connectivity index (χ0v) is 27.1. The van der Waals surface area contributed by atoms with Crippen LogP contribution in [0.3, 0.4) is 0 Å². The highest BCUT2D eigenvalue weighted by atomic mass is 15.2. The fraction of sp³-hybridized carbons (Fsp3) is 0.0213. The number of para-hydroxylation sites is 3. The highest BCUT2D eigenvalue weighted by Crippen LogP contribution is 2.41. The van der Waals surface area contributed by atoms with Gasteiger partial charge in [0.15, 0.2) is 0 Å². The molecule has 0 radical (unpaired) electrons. The van der Waals surface area contributed by atoms with Crippen molar-refractivity contribution in [2.45, 2.75) is 6.42 Å². The quantitative estimate of drug-likeness (QED) is 0.167. The Kier molecular flexibility index (Phi) is 7.06. The third-order valence-corrected chi connectivity index (χ3v) is 9.80. The van der Waals surface area contributed by atoms with Gasteiger partial charge in [-0.25, -0.2) is 0 Å². The topological polar surface area (TPSA) is 8.17 Å². The molecule has 1 aromatic heterocycles. The van der Waals surface area contributed by atoms with Gasteiger partial charge in [0, 0.05) is 40.0 Å². The summed E-state index contributed by atoms with van der Waals surface area (Å²) in [6, 6.07) is 59.0. The fourth-order valence-corrected chi connectivity index (χ4v) is 7.39. The molecule has 7 aromatic carbocycles. The minimum atomic E-state index is 0.887. The van der Waals surface area contributed by atoms with E-state index in [1.165, 1.54) is 66.3 Å². The van der Waals surface area contributed by atoms with E-state index in [-0.39, 0.29) is 0 Å². The lowest BCUT2D eigenvalue weighted by molar-refractivity contribution is 1.15. The summed E-state index contributed by atoms with van der Waals surface area (Å²) in [4.78, 5) is 2.37. The molecule has 2 heteroatoms. The van der Waals surface area contributed by atoms with Crippen molar-refractivity contribution in [2.75, 3.05) is 4.90 Å². The van der Waals surface area contributed by atoms with E-state index < -0.39 is 0 Å². The van der Waals surface area contributed by atoms with E-state index in [4.69, 9.17) is 0 Å². The number of allylic oxidation sites excluding steroid dienone is 5. The SMILES string of the molecule is C=C/C(=C\C=C1/Cc2ccccc2N1c1ccccc1)c1ccc2c(c1)c1ccccc1n2-c1ccc(-c2ccc3ccccc3c2)cc1. The lowest BCUT2D eigenvalue weighted by atomic mass is 10.0. The number of aromatic nitrogens is 1. The second-order valence-electron chi connectivity index (χ2n) is 12.7. The van der Waals surface area contributed by atoms with Gasteiger partial charge >= 0.3 is 0 Å². The van der Waals surface area contributed by atoms with Crippen LogP contribution in [0, 0.1) is 0 Å². The second kappa shape index (κ2) is 12.0. The third kappa shape index (κ3) is 5.06. The van der Waals surface area contributed by atoms with Gasteiger partial charge in [-0.05, 0) is 99.3 Å². The molecule has 2 heterocycles. The number of nitrogens with zero attached hydrogens (tertiary/aromatic N) is 2. The van der Waals surface area contributed by atoms with Crippen LogP contribution < -0.4 is 4.90 Å². The standard InChI is InChI=1S/C47H34N2/c1-2-33(22-28-42-31-39-14-8-10-18-45(39)48(42)40-15-4-3-5-16-40)38-25-29-47-44(32-38)43-17-9-11-19-46(43)49(47)41-26-23-35(24-27-41)37-21-20-34-12-6-7-13-36(34)30-37/h2-30,32H,1,31H2/b33-22+,42-28+. The summed E-state index contributed by atoms with van der Waals surface area (Å²) >= 11 is 0. The van der Waals surface area contributed by atoms with Crippen LogP contribution in [-0.4, -0.2) is 4.57 Å². The molecule has 0 fully saturated rings.